The molecule has 0 atom stereocenters. The standard InChI is InChI=1S/C14H16ClN3O/c1-2-19-18-13(8-16)14-12(15)7-11(9-17-14)6-5-10-3-4-10/h7,9-10H,2-4,8,16H2,1H3. The van der Waals surface area contributed by atoms with Crippen LogP contribution in [0, 0.1) is 17.8 Å². The summed E-state index contributed by atoms with van der Waals surface area (Å²) in [5, 5.41) is 4.41. The Labute approximate surface area is 118 Å². The largest absolute Gasteiger partial charge is 0.396 e. The second kappa shape index (κ2) is 6.55. The molecular formula is C14H16ClN3O. The summed E-state index contributed by atoms with van der Waals surface area (Å²) in [6.07, 6.45) is 4.09. The summed E-state index contributed by atoms with van der Waals surface area (Å²) in [6.45, 7) is 2.55. The van der Waals surface area contributed by atoms with Gasteiger partial charge in [0.15, 0.2) is 0 Å². The molecule has 2 rings (SSSR count). The first-order valence-electron chi connectivity index (χ1n) is 6.31. The Bertz CT molecular complexity index is 541. The molecule has 1 aliphatic carbocycles. The van der Waals surface area contributed by atoms with Gasteiger partial charge in [-0.15, -0.1) is 0 Å². The van der Waals surface area contributed by atoms with E-state index in [1.165, 1.54) is 12.8 Å². The zero-order chi connectivity index (χ0) is 13.7. The van der Waals surface area contributed by atoms with Gasteiger partial charge in [-0.1, -0.05) is 28.6 Å². The molecule has 0 bridgehead atoms. The van der Waals surface area contributed by atoms with Crippen molar-refractivity contribution in [2.45, 2.75) is 19.8 Å². The molecule has 1 aromatic rings. The normalized spacial score (nSPS) is 14.8. The summed E-state index contributed by atoms with van der Waals surface area (Å²) in [4.78, 5) is 9.27. The van der Waals surface area contributed by atoms with E-state index in [1.807, 2.05) is 6.92 Å². The van der Waals surface area contributed by atoms with E-state index in [1.54, 1.807) is 12.3 Å². The maximum atomic E-state index is 6.19. The van der Waals surface area contributed by atoms with Crippen LogP contribution in [0.5, 0.6) is 0 Å². The van der Waals surface area contributed by atoms with Gasteiger partial charge in [-0.05, 0) is 25.8 Å². The van der Waals surface area contributed by atoms with E-state index in [9.17, 15) is 0 Å². The Morgan fingerprint density at radius 3 is 3.00 bits per heavy atom. The molecule has 1 heterocycles. The average Bonchev–Trinajstić information content (AvgIpc) is 3.23. The molecule has 0 saturated heterocycles. The molecule has 0 aromatic carbocycles. The van der Waals surface area contributed by atoms with Gasteiger partial charge in [-0.2, -0.15) is 0 Å². The molecular weight excluding hydrogens is 262 g/mol. The number of hydrogen-bond acceptors (Lipinski definition) is 4. The highest BCUT2D eigenvalue weighted by atomic mass is 35.5. The molecule has 100 valence electrons. The third kappa shape index (κ3) is 3.95. The van der Waals surface area contributed by atoms with Crippen LogP contribution in [0.15, 0.2) is 17.4 Å². The van der Waals surface area contributed by atoms with Crippen molar-refractivity contribution in [3.8, 4) is 11.8 Å². The molecule has 19 heavy (non-hydrogen) atoms. The first kappa shape index (κ1) is 13.9. The van der Waals surface area contributed by atoms with Crippen LogP contribution in [-0.2, 0) is 4.84 Å². The van der Waals surface area contributed by atoms with Crippen LogP contribution in [0.3, 0.4) is 0 Å². The first-order chi connectivity index (χ1) is 9.24. The molecule has 0 aliphatic heterocycles. The molecule has 0 spiro atoms. The monoisotopic (exact) mass is 277 g/mol. The molecule has 1 fully saturated rings. The number of pyridine rings is 1. The van der Waals surface area contributed by atoms with Crippen molar-refractivity contribution in [3.63, 3.8) is 0 Å². The number of aromatic nitrogens is 1. The summed E-state index contributed by atoms with van der Waals surface area (Å²) < 4.78 is 0. The van der Waals surface area contributed by atoms with E-state index in [4.69, 9.17) is 22.2 Å². The number of halogens is 1. The topological polar surface area (TPSA) is 60.5 Å². The maximum Gasteiger partial charge on any atom is 0.120 e. The van der Waals surface area contributed by atoms with E-state index < -0.39 is 0 Å². The van der Waals surface area contributed by atoms with Gasteiger partial charge in [0.2, 0.25) is 0 Å². The molecule has 1 aromatic heterocycles. The van der Waals surface area contributed by atoms with Crippen molar-refractivity contribution in [2.75, 3.05) is 13.2 Å². The van der Waals surface area contributed by atoms with Crippen LogP contribution in [0.2, 0.25) is 5.02 Å². The van der Waals surface area contributed by atoms with Crippen molar-refractivity contribution >= 4 is 17.3 Å². The number of oxime groups is 1. The van der Waals surface area contributed by atoms with Crippen molar-refractivity contribution < 1.29 is 4.84 Å². The van der Waals surface area contributed by atoms with Crippen LogP contribution in [0.25, 0.3) is 0 Å². The third-order valence-electron chi connectivity index (χ3n) is 2.61. The van der Waals surface area contributed by atoms with Gasteiger partial charge in [-0.3, -0.25) is 4.98 Å². The van der Waals surface area contributed by atoms with Crippen LogP contribution >= 0.6 is 11.6 Å². The van der Waals surface area contributed by atoms with Crippen molar-refractivity contribution in [1.29, 1.82) is 0 Å². The summed E-state index contributed by atoms with van der Waals surface area (Å²) in [7, 11) is 0. The lowest BCUT2D eigenvalue weighted by Crippen LogP contribution is -2.17. The summed E-state index contributed by atoms with van der Waals surface area (Å²) in [5.41, 5.74) is 7.52. The number of rotatable bonds is 4. The van der Waals surface area contributed by atoms with Crippen molar-refractivity contribution in [1.82, 2.24) is 4.98 Å². The minimum atomic E-state index is 0.222. The van der Waals surface area contributed by atoms with Crippen LogP contribution in [-0.4, -0.2) is 23.8 Å². The number of hydrogen-bond donors (Lipinski definition) is 1. The fraction of sp³-hybridized carbons (Fsp3) is 0.429. The highest BCUT2D eigenvalue weighted by molar-refractivity contribution is 6.34. The SMILES string of the molecule is CCON=C(CN)c1ncc(C#CC2CC2)cc1Cl. The van der Waals surface area contributed by atoms with Crippen LogP contribution < -0.4 is 5.73 Å². The van der Waals surface area contributed by atoms with E-state index in [0.717, 1.165) is 5.56 Å². The lowest BCUT2D eigenvalue weighted by molar-refractivity contribution is 0.158. The molecule has 2 N–H and O–H groups in total. The van der Waals surface area contributed by atoms with Crippen LogP contribution in [0.1, 0.15) is 31.0 Å². The smallest absolute Gasteiger partial charge is 0.120 e. The van der Waals surface area contributed by atoms with Gasteiger partial charge < -0.3 is 10.6 Å². The van der Waals surface area contributed by atoms with E-state index in [0.29, 0.717) is 29.0 Å². The second-order valence-electron chi connectivity index (χ2n) is 4.26. The van der Waals surface area contributed by atoms with Crippen molar-refractivity contribution in [2.24, 2.45) is 16.8 Å². The Morgan fingerprint density at radius 2 is 2.42 bits per heavy atom. The van der Waals surface area contributed by atoms with Gasteiger partial charge in [0, 0.05) is 24.2 Å². The Kier molecular flexibility index (Phi) is 4.78. The summed E-state index contributed by atoms with van der Waals surface area (Å²) in [6, 6.07) is 1.79. The number of nitrogens with two attached hydrogens (primary N) is 1. The second-order valence-corrected chi connectivity index (χ2v) is 4.67. The lowest BCUT2D eigenvalue weighted by atomic mass is 10.2. The summed E-state index contributed by atoms with van der Waals surface area (Å²) in [5.74, 6) is 6.80. The van der Waals surface area contributed by atoms with Gasteiger partial charge in [0.1, 0.15) is 18.0 Å². The van der Waals surface area contributed by atoms with Gasteiger partial charge in [0.25, 0.3) is 0 Å². The lowest BCUT2D eigenvalue weighted by Gasteiger charge is -2.05. The van der Waals surface area contributed by atoms with E-state index in [-0.39, 0.29) is 6.54 Å². The highest BCUT2D eigenvalue weighted by Crippen LogP contribution is 2.27. The molecule has 1 saturated carbocycles. The Balaban J connectivity index is 2.20. The van der Waals surface area contributed by atoms with Crippen molar-refractivity contribution in [3.05, 3.63) is 28.5 Å². The predicted octanol–water partition coefficient (Wildman–Crippen LogP) is 2.20. The fourth-order valence-electron chi connectivity index (χ4n) is 1.45. The molecule has 0 radical (unpaired) electrons. The average molecular weight is 278 g/mol. The maximum absolute atomic E-state index is 6.19. The first-order valence-corrected chi connectivity index (χ1v) is 6.68. The summed E-state index contributed by atoms with van der Waals surface area (Å²) >= 11 is 6.19. The van der Waals surface area contributed by atoms with Gasteiger partial charge >= 0.3 is 0 Å². The molecule has 5 heteroatoms. The van der Waals surface area contributed by atoms with E-state index >= 15 is 0 Å². The van der Waals surface area contributed by atoms with E-state index in [2.05, 4.69) is 22.0 Å². The molecule has 1 aliphatic rings. The fourth-order valence-corrected chi connectivity index (χ4v) is 1.73. The molecule has 4 nitrogen and oxygen atoms in total. The predicted molar refractivity (Wildman–Crippen MR) is 76.1 cm³/mol. The number of nitrogens with zero attached hydrogens (tertiary/aromatic N) is 2. The third-order valence-corrected chi connectivity index (χ3v) is 2.90. The highest BCUT2D eigenvalue weighted by Gasteiger charge is 2.17. The minimum absolute atomic E-state index is 0.222. The van der Waals surface area contributed by atoms with Crippen LogP contribution in [0.4, 0.5) is 0 Å². The Hall–Kier alpha value is -1.57. The molecule has 0 unspecified atom stereocenters. The Morgan fingerprint density at radius 1 is 1.63 bits per heavy atom. The zero-order valence-corrected chi connectivity index (χ0v) is 11.6. The van der Waals surface area contributed by atoms with Gasteiger partial charge in [-0.25, -0.2) is 0 Å². The quantitative estimate of drug-likeness (QED) is 0.521. The zero-order valence-electron chi connectivity index (χ0n) is 10.8. The van der Waals surface area contributed by atoms with Gasteiger partial charge in [0.05, 0.1) is 5.02 Å². The minimum Gasteiger partial charge on any atom is -0.396 e. The molecule has 0 amide bonds.